The van der Waals surface area contributed by atoms with E-state index in [4.69, 9.17) is 0 Å². The van der Waals surface area contributed by atoms with Crippen LogP contribution in [0.1, 0.15) is 30.5 Å². The highest BCUT2D eigenvalue weighted by Gasteiger charge is 2.16. The fourth-order valence-corrected chi connectivity index (χ4v) is 2.61. The van der Waals surface area contributed by atoms with Crippen molar-refractivity contribution in [3.63, 3.8) is 0 Å². The lowest BCUT2D eigenvalue weighted by Gasteiger charge is -2.20. The van der Waals surface area contributed by atoms with Gasteiger partial charge in [0.2, 0.25) is 0 Å². The predicted octanol–water partition coefficient (Wildman–Crippen LogP) is 3.72. The number of fused-ring (bicyclic) bond motifs is 1. The van der Waals surface area contributed by atoms with Crippen LogP contribution in [0.4, 0.5) is 0 Å². The minimum Gasteiger partial charge on any atom is -0.306 e. The van der Waals surface area contributed by atoms with Gasteiger partial charge in [0.15, 0.2) is 0 Å². The molecule has 0 aliphatic carbocycles. The van der Waals surface area contributed by atoms with Crippen molar-refractivity contribution in [1.29, 1.82) is 0 Å². The van der Waals surface area contributed by atoms with Gasteiger partial charge in [-0.25, -0.2) is 0 Å². The Morgan fingerprint density at radius 1 is 1.00 bits per heavy atom. The molecule has 2 aromatic heterocycles. The lowest BCUT2D eigenvalue weighted by atomic mass is 9.97. The molecule has 0 spiro atoms. The molecular formula is C18H19N3. The standard InChI is InChI=1S/C18H19N3/c1-2-10-20-18(15-8-12-19-13-9-15)16-7-3-5-14-6-4-11-21-17(14)16/h3-9,11-13,18,20H,2,10H2,1H3. The van der Waals surface area contributed by atoms with Crippen molar-refractivity contribution >= 4 is 10.9 Å². The molecule has 2 heterocycles. The molecule has 3 nitrogen and oxygen atoms in total. The van der Waals surface area contributed by atoms with Gasteiger partial charge in [0.05, 0.1) is 11.6 Å². The van der Waals surface area contributed by atoms with Crippen LogP contribution in [-0.2, 0) is 0 Å². The average molecular weight is 277 g/mol. The number of para-hydroxylation sites is 1. The van der Waals surface area contributed by atoms with Crippen molar-refractivity contribution in [2.45, 2.75) is 19.4 Å². The monoisotopic (exact) mass is 277 g/mol. The summed E-state index contributed by atoms with van der Waals surface area (Å²) in [6.07, 6.45) is 6.64. The smallest absolute Gasteiger partial charge is 0.0753 e. The molecular weight excluding hydrogens is 258 g/mol. The third-order valence-electron chi connectivity index (χ3n) is 3.61. The summed E-state index contributed by atoms with van der Waals surface area (Å²) in [5.74, 6) is 0. The minimum absolute atomic E-state index is 0.145. The quantitative estimate of drug-likeness (QED) is 0.772. The van der Waals surface area contributed by atoms with Gasteiger partial charge in [-0.05, 0) is 42.3 Å². The highest BCUT2D eigenvalue weighted by Crippen LogP contribution is 2.27. The lowest BCUT2D eigenvalue weighted by Crippen LogP contribution is -2.23. The summed E-state index contributed by atoms with van der Waals surface area (Å²) in [6, 6.07) is 14.7. The van der Waals surface area contributed by atoms with Crippen LogP contribution in [0.5, 0.6) is 0 Å². The zero-order valence-corrected chi connectivity index (χ0v) is 12.2. The molecule has 3 heteroatoms. The Balaban J connectivity index is 2.10. The second kappa shape index (κ2) is 6.46. The second-order valence-electron chi connectivity index (χ2n) is 5.09. The number of pyridine rings is 2. The maximum absolute atomic E-state index is 4.58. The summed E-state index contributed by atoms with van der Waals surface area (Å²) in [6.45, 7) is 3.15. The van der Waals surface area contributed by atoms with Gasteiger partial charge in [-0.3, -0.25) is 9.97 Å². The van der Waals surface area contributed by atoms with Gasteiger partial charge >= 0.3 is 0 Å². The summed E-state index contributed by atoms with van der Waals surface area (Å²) < 4.78 is 0. The lowest BCUT2D eigenvalue weighted by molar-refractivity contribution is 0.600. The summed E-state index contributed by atoms with van der Waals surface area (Å²) in [5.41, 5.74) is 3.50. The fourth-order valence-electron chi connectivity index (χ4n) is 2.61. The minimum atomic E-state index is 0.145. The number of benzene rings is 1. The number of nitrogens with zero attached hydrogens (tertiary/aromatic N) is 2. The van der Waals surface area contributed by atoms with Gasteiger partial charge < -0.3 is 5.32 Å². The molecule has 1 N–H and O–H groups in total. The van der Waals surface area contributed by atoms with Crippen LogP contribution in [0, 0.1) is 0 Å². The third kappa shape index (κ3) is 2.93. The van der Waals surface area contributed by atoms with Crippen molar-refractivity contribution in [1.82, 2.24) is 15.3 Å². The highest BCUT2D eigenvalue weighted by atomic mass is 14.9. The van der Waals surface area contributed by atoms with Crippen molar-refractivity contribution in [2.24, 2.45) is 0 Å². The van der Waals surface area contributed by atoms with Crippen LogP contribution in [0.25, 0.3) is 10.9 Å². The van der Waals surface area contributed by atoms with Crippen molar-refractivity contribution < 1.29 is 0 Å². The van der Waals surface area contributed by atoms with Crippen molar-refractivity contribution in [2.75, 3.05) is 6.54 Å². The predicted molar refractivity (Wildman–Crippen MR) is 86.1 cm³/mol. The van der Waals surface area contributed by atoms with E-state index in [0.717, 1.165) is 18.5 Å². The molecule has 21 heavy (non-hydrogen) atoms. The zero-order chi connectivity index (χ0) is 14.5. The van der Waals surface area contributed by atoms with Gasteiger partial charge in [0.1, 0.15) is 0 Å². The maximum atomic E-state index is 4.58. The third-order valence-corrected chi connectivity index (χ3v) is 3.61. The van der Waals surface area contributed by atoms with Gasteiger partial charge in [-0.1, -0.05) is 31.2 Å². The molecule has 0 saturated heterocycles. The van der Waals surface area contributed by atoms with Crippen molar-refractivity contribution in [3.8, 4) is 0 Å². The number of hydrogen-bond donors (Lipinski definition) is 1. The molecule has 1 unspecified atom stereocenters. The summed E-state index contributed by atoms with van der Waals surface area (Å²) in [4.78, 5) is 8.70. The Kier molecular flexibility index (Phi) is 4.22. The first-order valence-electron chi connectivity index (χ1n) is 7.37. The van der Waals surface area contributed by atoms with E-state index in [9.17, 15) is 0 Å². The number of nitrogens with one attached hydrogen (secondary N) is 1. The first kappa shape index (κ1) is 13.7. The Labute approximate surface area is 125 Å². The number of rotatable bonds is 5. The van der Waals surface area contributed by atoms with E-state index >= 15 is 0 Å². The van der Waals surface area contributed by atoms with Gasteiger partial charge in [-0.2, -0.15) is 0 Å². The molecule has 0 radical (unpaired) electrons. The Morgan fingerprint density at radius 2 is 1.81 bits per heavy atom. The van der Waals surface area contributed by atoms with Crippen LogP contribution >= 0.6 is 0 Å². The van der Waals surface area contributed by atoms with Gasteiger partial charge in [0, 0.05) is 24.0 Å². The Hall–Kier alpha value is -2.26. The first-order valence-corrected chi connectivity index (χ1v) is 7.37. The van der Waals surface area contributed by atoms with Crippen LogP contribution in [0.15, 0.2) is 61.1 Å². The molecule has 3 rings (SSSR count). The summed E-state index contributed by atoms with van der Waals surface area (Å²) in [7, 11) is 0. The van der Waals surface area contributed by atoms with E-state index in [0.29, 0.717) is 0 Å². The molecule has 0 bridgehead atoms. The van der Waals surface area contributed by atoms with Crippen LogP contribution in [0.3, 0.4) is 0 Å². The molecule has 0 aliphatic heterocycles. The molecule has 0 amide bonds. The van der Waals surface area contributed by atoms with E-state index < -0.39 is 0 Å². The zero-order valence-electron chi connectivity index (χ0n) is 12.2. The average Bonchev–Trinajstić information content (AvgIpc) is 2.56. The molecule has 0 fully saturated rings. The number of aromatic nitrogens is 2. The van der Waals surface area contributed by atoms with Crippen LogP contribution < -0.4 is 5.32 Å². The fraction of sp³-hybridized carbons (Fsp3) is 0.222. The van der Waals surface area contributed by atoms with Gasteiger partial charge in [0.25, 0.3) is 0 Å². The van der Waals surface area contributed by atoms with E-state index in [-0.39, 0.29) is 6.04 Å². The molecule has 0 saturated carbocycles. The van der Waals surface area contributed by atoms with Crippen LogP contribution in [0.2, 0.25) is 0 Å². The van der Waals surface area contributed by atoms with E-state index in [1.54, 1.807) is 0 Å². The molecule has 0 aliphatic rings. The van der Waals surface area contributed by atoms with E-state index in [2.05, 4.69) is 58.6 Å². The highest BCUT2D eigenvalue weighted by molar-refractivity contribution is 5.82. The van der Waals surface area contributed by atoms with E-state index in [1.807, 2.05) is 24.7 Å². The van der Waals surface area contributed by atoms with Crippen LogP contribution in [-0.4, -0.2) is 16.5 Å². The Morgan fingerprint density at radius 3 is 2.62 bits per heavy atom. The van der Waals surface area contributed by atoms with Crippen molar-refractivity contribution in [3.05, 3.63) is 72.2 Å². The topological polar surface area (TPSA) is 37.8 Å². The largest absolute Gasteiger partial charge is 0.306 e. The molecule has 3 aromatic rings. The molecule has 1 aromatic carbocycles. The molecule has 1 atom stereocenters. The van der Waals surface area contributed by atoms with Gasteiger partial charge in [-0.15, -0.1) is 0 Å². The number of hydrogen-bond acceptors (Lipinski definition) is 3. The maximum Gasteiger partial charge on any atom is 0.0753 e. The summed E-state index contributed by atoms with van der Waals surface area (Å²) >= 11 is 0. The SMILES string of the molecule is CCCNC(c1ccncc1)c1cccc2cccnc12. The molecule has 106 valence electrons. The first-order chi connectivity index (χ1) is 10.4. The summed E-state index contributed by atoms with van der Waals surface area (Å²) in [5, 5.41) is 4.80. The Bertz CT molecular complexity index is 704. The second-order valence-corrected chi connectivity index (χ2v) is 5.09. The normalized spacial score (nSPS) is 12.4. The van der Waals surface area contributed by atoms with E-state index in [1.165, 1.54) is 16.5 Å².